The zero-order valence-electron chi connectivity index (χ0n) is 15.2. The van der Waals surface area contributed by atoms with E-state index < -0.39 is 22.0 Å². The summed E-state index contributed by atoms with van der Waals surface area (Å²) in [6.07, 6.45) is 2.61. The monoisotopic (exact) mass is 428 g/mol. The van der Waals surface area contributed by atoms with E-state index in [1.165, 1.54) is 24.6 Å². The number of aryl methyl sites for hydroxylation is 1. The summed E-state index contributed by atoms with van der Waals surface area (Å²) < 4.78 is 25.6. The molecular weight excluding hydrogens is 407 g/mol. The van der Waals surface area contributed by atoms with Crippen LogP contribution in [0.15, 0.2) is 48.5 Å². The van der Waals surface area contributed by atoms with Gasteiger partial charge in [0.05, 0.1) is 17.0 Å². The lowest BCUT2D eigenvalue weighted by atomic mass is 10.1. The molecule has 0 heterocycles. The molecule has 0 saturated heterocycles. The summed E-state index contributed by atoms with van der Waals surface area (Å²) in [6.45, 7) is 1.96. The fourth-order valence-corrected chi connectivity index (χ4v) is 4.34. The lowest BCUT2D eigenvalue weighted by Crippen LogP contribution is -2.48. The van der Waals surface area contributed by atoms with Gasteiger partial charge in [-0.15, -0.1) is 0 Å². The molecule has 0 spiro atoms. The van der Waals surface area contributed by atoms with Crippen LogP contribution in [0.1, 0.15) is 18.9 Å². The lowest BCUT2D eigenvalue weighted by molar-refractivity contribution is -0.121. The standard InChI is InChI=1S/C19H22Cl2N2O3S/c1-14(19(24)22-12-6-9-15-7-4-3-5-8-15)23(27(2,25)26)18-13-16(20)10-11-17(18)21/h3-5,7-8,10-11,13-14H,6,9,12H2,1-2H3,(H,22,24)/t14-/m0/s1. The molecule has 1 N–H and O–H groups in total. The first-order chi connectivity index (χ1) is 12.7. The third-order valence-electron chi connectivity index (χ3n) is 4.02. The van der Waals surface area contributed by atoms with Crippen molar-refractivity contribution in [3.63, 3.8) is 0 Å². The van der Waals surface area contributed by atoms with E-state index >= 15 is 0 Å². The van der Waals surface area contributed by atoms with Gasteiger partial charge in [-0.1, -0.05) is 53.5 Å². The third-order valence-corrected chi connectivity index (χ3v) is 5.80. The Balaban J connectivity index is 2.05. The number of carbonyl (C=O) groups is 1. The summed E-state index contributed by atoms with van der Waals surface area (Å²) >= 11 is 12.1. The van der Waals surface area contributed by atoms with Gasteiger partial charge < -0.3 is 5.32 Å². The number of nitrogens with zero attached hydrogens (tertiary/aromatic N) is 1. The average molecular weight is 429 g/mol. The van der Waals surface area contributed by atoms with Crippen LogP contribution in [0.3, 0.4) is 0 Å². The van der Waals surface area contributed by atoms with Crippen LogP contribution < -0.4 is 9.62 Å². The maximum absolute atomic E-state index is 12.5. The normalized spacial score (nSPS) is 12.4. The fraction of sp³-hybridized carbons (Fsp3) is 0.316. The molecule has 0 radical (unpaired) electrons. The third kappa shape index (κ3) is 6.13. The number of nitrogens with one attached hydrogen (secondary N) is 1. The molecule has 0 unspecified atom stereocenters. The number of rotatable bonds is 8. The van der Waals surface area contributed by atoms with E-state index in [0.717, 1.165) is 23.4 Å². The Bertz CT molecular complexity index is 889. The molecule has 0 fully saturated rings. The van der Waals surface area contributed by atoms with Gasteiger partial charge in [0, 0.05) is 11.6 Å². The molecule has 5 nitrogen and oxygen atoms in total. The van der Waals surface area contributed by atoms with Gasteiger partial charge in [0.2, 0.25) is 15.9 Å². The molecule has 0 aliphatic carbocycles. The van der Waals surface area contributed by atoms with Crippen molar-refractivity contribution in [1.82, 2.24) is 5.32 Å². The minimum absolute atomic E-state index is 0.179. The first-order valence-corrected chi connectivity index (χ1v) is 11.1. The highest BCUT2D eigenvalue weighted by Gasteiger charge is 2.30. The Hall–Kier alpha value is -1.76. The largest absolute Gasteiger partial charge is 0.354 e. The smallest absolute Gasteiger partial charge is 0.243 e. The molecule has 2 aromatic rings. The Morgan fingerprint density at radius 2 is 1.81 bits per heavy atom. The summed E-state index contributed by atoms with van der Waals surface area (Å²) in [7, 11) is -3.75. The molecule has 1 atom stereocenters. The van der Waals surface area contributed by atoms with Crippen molar-refractivity contribution >= 4 is 44.8 Å². The van der Waals surface area contributed by atoms with Gasteiger partial charge in [0.25, 0.3) is 0 Å². The quantitative estimate of drug-likeness (QED) is 0.648. The number of sulfonamides is 1. The highest BCUT2D eigenvalue weighted by atomic mass is 35.5. The molecule has 0 aliphatic rings. The van der Waals surface area contributed by atoms with E-state index in [9.17, 15) is 13.2 Å². The first kappa shape index (κ1) is 21.5. The number of hydrogen-bond acceptors (Lipinski definition) is 3. The van der Waals surface area contributed by atoms with Gasteiger partial charge >= 0.3 is 0 Å². The minimum Gasteiger partial charge on any atom is -0.354 e. The van der Waals surface area contributed by atoms with Crippen molar-refractivity contribution in [3.05, 3.63) is 64.1 Å². The highest BCUT2D eigenvalue weighted by molar-refractivity contribution is 7.92. The van der Waals surface area contributed by atoms with Crippen molar-refractivity contribution in [1.29, 1.82) is 0 Å². The molecule has 0 aliphatic heterocycles. The number of halogens is 2. The Kier molecular flexibility index (Phi) is 7.53. The van der Waals surface area contributed by atoms with Gasteiger partial charge in [-0.25, -0.2) is 8.42 Å². The van der Waals surface area contributed by atoms with Crippen molar-refractivity contribution < 1.29 is 13.2 Å². The van der Waals surface area contributed by atoms with Gasteiger partial charge in [-0.3, -0.25) is 9.10 Å². The molecule has 0 saturated carbocycles. The van der Waals surface area contributed by atoms with Crippen molar-refractivity contribution in [2.24, 2.45) is 0 Å². The Morgan fingerprint density at radius 1 is 1.15 bits per heavy atom. The molecule has 2 aromatic carbocycles. The average Bonchev–Trinajstić information content (AvgIpc) is 2.61. The van der Waals surface area contributed by atoms with E-state index in [0.29, 0.717) is 11.6 Å². The topological polar surface area (TPSA) is 66.5 Å². The maximum atomic E-state index is 12.5. The second-order valence-corrected chi connectivity index (χ2v) is 8.91. The highest BCUT2D eigenvalue weighted by Crippen LogP contribution is 2.32. The number of carbonyl (C=O) groups excluding carboxylic acids is 1. The van der Waals surface area contributed by atoms with Gasteiger partial charge in [-0.05, 0) is 43.5 Å². The van der Waals surface area contributed by atoms with Gasteiger partial charge in [-0.2, -0.15) is 0 Å². The predicted molar refractivity (Wildman–Crippen MR) is 111 cm³/mol. The number of hydrogen-bond donors (Lipinski definition) is 1. The van der Waals surface area contributed by atoms with Gasteiger partial charge in [0.15, 0.2) is 0 Å². The summed E-state index contributed by atoms with van der Waals surface area (Å²) in [4.78, 5) is 12.5. The van der Waals surface area contributed by atoms with Crippen LogP contribution in [0.5, 0.6) is 0 Å². The molecule has 146 valence electrons. The Labute approximate surface area is 170 Å². The molecule has 0 bridgehead atoms. The molecule has 2 rings (SSSR count). The van der Waals surface area contributed by atoms with E-state index in [-0.39, 0.29) is 10.7 Å². The van der Waals surface area contributed by atoms with Crippen LogP contribution in [0.4, 0.5) is 5.69 Å². The predicted octanol–water partition coefficient (Wildman–Crippen LogP) is 3.90. The molecule has 0 aromatic heterocycles. The molecule has 8 heteroatoms. The number of amides is 1. The maximum Gasteiger partial charge on any atom is 0.243 e. The van der Waals surface area contributed by atoms with E-state index in [1.54, 1.807) is 6.07 Å². The van der Waals surface area contributed by atoms with Crippen LogP contribution in [0.2, 0.25) is 10.0 Å². The second kappa shape index (κ2) is 9.44. The van der Waals surface area contributed by atoms with Crippen LogP contribution >= 0.6 is 23.2 Å². The molecule has 27 heavy (non-hydrogen) atoms. The van der Waals surface area contributed by atoms with E-state index in [1.807, 2.05) is 30.3 Å². The lowest BCUT2D eigenvalue weighted by Gasteiger charge is -2.29. The van der Waals surface area contributed by atoms with Crippen molar-refractivity contribution in [2.45, 2.75) is 25.8 Å². The zero-order chi connectivity index (χ0) is 20.0. The molecule has 1 amide bonds. The van der Waals surface area contributed by atoms with Crippen molar-refractivity contribution in [3.8, 4) is 0 Å². The fourth-order valence-electron chi connectivity index (χ4n) is 2.73. The Morgan fingerprint density at radius 3 is 2.44 bits per heavy atom. The zero-order valence-corrected chi connectivity index (χ0v) is 17.5. The summed E-state index contributed by atoms with van der Waals surface area (Å²) in [5, 5.41) is 3.32. The number of benzene rings is 2. The second-order valence-electron chi connectivity index (χ2n) is 6.21. The summed E-state index contributed by atoms with van der Waals surface area (Å²) in [6, 6.07) is 13.5. The minimum atomic E-state index is -3.75. The number of anilines is 1. The SMILES string of the molecule is C[C@@H](C(=O)NCCCc1ccccc1)N(c1cc(Cl)ccc1Cl)S(C)(=O)=O. The summed E-state index contributed by atoms with van der Waals surface area (Å²) in [5.74, 6) is -0.399. The van der Waals surface area contributed by atoms with Crippen LogP contribution in [0, 0.1) is 0 Å². The van der Waals surface area contributed by atoms with Crippen LogP contribution in [0.25, 0.3) is 0 Å². The van der Waals surface area contributed by atoms with Crippen LogP contribution in [-0.2, 0) is 21.2 Å². The van der Waals surface area contributed by atoms with Crippen molar-refractivity contribution in [2.75, 3.05) is 17.1 Å². The first-order valence-electron chi connectivity index (χ1n) is 8.46. The van der Waals surface area contributed by atoms with E-state index in [2.05, 4.69) is 5.32 Å². The van der Waals surface area contributed by atoms with Crippen LogP contribution in [-0.4, -0.2) is 33.2 Å². The molecular formula is C19H22Cl2N2O3S. The van der Waals surface area contributed by atoms with E-state index in [4.69, 9.17) is 23.2 Å². The van der Waals surface area contributed by atoms with Gasteiger partial charge in [0.1, 0.15) is 6.04 Å². The summed E-state index contributed by atoms with van der Waals surface area (Å²) in [5.41, 5.74) is 1.36.